The van der Waals surface area contributed by atoms with Crippen LogP contribution in [-0.4, -0.2) is 49.6 Å². The molecule has 2 atom stereocenters. The lowest BCUT2D eigenvalue weighted by atomic mass is 10.2. The van der Waals surface area contributed by atoms with Crippen LogP contribution in [0.4, 0.5) is 23.7 Å². The Hall–Kier alpha value is -3.02. The monoisotopic (exact) mass is 430 g/mol. The van der Waals surface area contributed by atoms with E-state index in [4.69, 9.17) is 0 Å². The zero-order chi connectivity index (χ0) is 22.1. The van der Waals surface area contributed by atoms with Crippen LogP contribution in [0.1, 0.15) is 26.7 Å². The summed E-state index contributed by atoms with van der Waals surface area (Å²) in [6.07, 6.45) is -4.06. The second kappa shape index (κ2) is 10.7. The van der Waals surface area contributed by atoms with Crippen LogP contribution in [0.15, 0.2) is 29.3 Å². The zero-order valence-corrected chi connectivity index (χ0v) is 16.6. The third-order valence-electron chi connectivity index (χ3n) is 3.90. The van der Waals surface area contributed by atoms with Gasteiger partial charge in [0, 0.05) is 38.2 Å². The van der Waals surface area contributed by atoms with Crippen LogP contribution >= 0.6 is 0 Å². The molecule has 0 saturated heterocycles. The Morgan fingerprint density at radius 2 is 1.93 bits per heavy atom. The number of amides is 3. The standard InChI is InChI=1S/C18H25F3N6O3/c1-11-10-15(23-9-3-8-22-12(2)28)26-16(24-11)27-17(29)25-13-4-6-14(7-5-13)30-18(19,20)21/h4-7,11,16,24H,3,8-10H2,1-2H3,(H,22,28)(H,23,26)(H2,25,27,29). The first-order valence-electron chi connectivity index (χ1n) is 9.35. The molecule has 1 aliphatic rings. The van der Waals surface area contributed by atoms with Crippen molar-refractivity contribution in [2.45, 2.75) is 45.4 Å². The number of urea groups is 1. The van der Waals surface area contributed by atoms with Crippen LogP contribution in [0.5, 0.6) is 5.75 Å². The van der Waals surface area contributed by atoms with Gasteiger partial charge in [-0.1, -0.05) is 0 Å². The number of halogens is 3. The molecule has 0 saturated carbocycles. The Bertz CT molecular complexity index is 755. The van der Waals surface area contributed by atoms with Gasteiger partial charge in [-0.3, -0.25) is 10.1 Å². The van der Waals surface area contributed by atoms with E-state index in [-0.39, 0.29) is 17.7 Å². The number of carbonyl (C=O) groups excluding carboxylic acids is 2. The Kier molecular flexibility index (Phi) is 8.27. The summed E-state index contributed by atoms with van der Waals surface area (Å²) in [5, 5.41) is 14.2. The van der Waals surface area contributed by atoms with Crippen LogP contribution < -0.4 is 31.3 Å². The number of amidine groups is 1. The van der Waals surface area contributed by atoms with E-state index in [0.717, 1.165) is 24.4 Å². The van der Waals surface area contributed by atoms with Gasteiger partial charge in [-0.2, -0.15) is 0 Å². The van der Waals surface area contributed by atoms with Crippen molar-refractivity contribution in [3.63, 3.8) is 0 Å². The molecule has 166 valence electrons. The quantitative estimate of drug-likeness (QED) is 0.424. The lowest BCUT2D eigenvalue weighted by molar-refractivity contribution is -0.274. The number of carbonyl (C=O) groups is 2. The van der Waals surface area contributed by atoms with Gasteiger partial charge in [0.25, 0.3) is 0 Å². The molecule has 9 nitrogen and oxygen atoms in total. The summed E-state index contributed by atoms with van der Waals surface area (Å²) in [5.74, 6) is 0.263. The maximum Gasteiger partial charge on any atom is 0.573 e. The highest BCUT2D eigenvalue weighted by Gasteiger charge is 2.31. The highest BCUT2D eigenvalue weighted by Crippen LogP contribution is 2.23. The van der Waals surface area contributed by atoms with Gasteiger partial charge in [0.1, 0.15) is 11.6 Å². The van der Waals surface area contributed by atoms with Crippen molar-refractivity contribution in [3.05, 3.63) is 24.3 Å². The third-order valence-corrected chi connectivity index (χ3v) is 3.90. The number of anilines is 1. The Labute approximate surface area is 171 Å². The molecule has 12 heteroatoms. The predicted molar refractivity (Wildman–Crippen MR) is 105 cm³/mol. The number of alkyl halides is 3. The van der Waals surface area contributed by atoms with Gasteiger partial charge in [0.2, 0.25) is 5.91 Å². The first kappa shape index (κ1) is 23.3. The topological polar surface area (TPSA) is 116 Å². The molecule has 1 aromatic carbocycles. The van der Waals surface area contributed by atoms with Crippen molar-refractivity contribution in [1.82, 2.24) is 21.3 Å². The van der Waals surface area contributed by atoms with Crippen molar-refractivity contribution in [3.8, 4) is 5.75 Å². The summed E-state index contributed by atoms with van der Waals surface area (Å²) in [4.78, 5) is 27.4. The van der Waals surface area contributed by atoms with Gasteiger partial charge in [0.15, 0.2) is 6.29 Å². The molecule has 0 fully saturated rings. The molecular weight excluding hydrogens is 405 g/mol. The van der Waals surface area contributed by atoms with E-state index >= 15 is 0 Å². The summed E-state index contributed by atoms with van der Waals surface area (Å²) < 4.78 is 40.3. The maximum atomic E-state index is 12.2. The van der Waals surface area contributed by atoms with Gasteiger partial charge >= 0.3 is 12.4 Å². The molecule has 0 radical (unpaired) electrons. The molecule has 30 heavy (non-hydrogen) atoms. The average molecular weight is 430 g/mol. The molecule has 3 amide bonds. The largest absolute Gasteiger partial charge is 0.573 e. The van der Waals surface area contributed by atoms with Crippen LogP contribution in [-0.2, 0) is 4.79 Å². The zero-order valence-electron chi connectivity index (χ0n) is 16.6. The SMILES string of the molecule is CC(=O)NCCCNC1=NC(NC(=O)Nc2ccc(OC(F)(F)F)cc2)NC(C)C1. The average Bonchev–Trinajstić information content (AvgIpc) is 2.61. The minimum Gasteiger partial charge on any atom is -0.406 e. The van der Waals surface area contributed by atoms with E-state index in [1.165, 1.54) is 19.1 Å². The maximum absolute atomic E-state index is 12.2. The first-order valence-corrected chi connectivity index (χ1v) is 9.35. The van der Waals surface area contributed by atoms with Gasteiger partial charge in [-0.25, -0.2) is 9.79 Å². The van der Waals surface area contributed by atoms with Crippen LogP contribution in [0.3, 0.4) is 0 Å². The number of rotatable bonds is 7. The molecular formula is C18H25F3N6O3. The van der Waals surface area contributed by atoms with E-state index in [1.807, 2.05) is 6.92 Å². The smallest absolute Gasteiger partial charge is 0.406 e. The fourth-order valence-electron chi connectivity index (χ4n) is 2.67. The second-order valence-electron chi connectivity index (χ2n) is 6.68. The Balaban J connectivity index is 1.82. The van der Waals surface area contributed by atoms with Crippen molar-refractivity contribution < 1.29 is 27.5 Å². The molecule has 1 heterocycles. The van der Waals surface area contributed by atoms with Crippen molar-refractivity contribution in [1.29, 1.82) is 0 Å². The molecule has 0 bridgehead atoms. The van der Waals surface area contributed by atoms with Crippen molar-refractivity contribution in [2.24, 2.45) is 4.99 Å². The number of benzene rings is 1. The molecule has 1 aromatic rings. The van der Waals surface area contributed by atoms with Gasteiger partial charge in [0.05, 0.1) is 0 Å². The minimum atomic E-state index is -4.77. The number of hydrogen-bond acceptors (Lipinski definition) is 6. The van der Waals surface area contributed by atoms with E-state index < -0.39 is 18.7 Å². The van der Waals surface area contributed by atoms with Gasteiger partial charge < -0.3 is 26.0 Å². The molecule has 5 N–H and O–H groups in total. The third kappa shape index (κ3) is 8.99. The van der Waals surface area contributed by atoms with Crippen LogP contribution in [0, 0.1) is 0 Å². The summed E-state index contributed by atoms with van der Waals surface area (Å²) >= 11 is 0. The lowest BCUT2D eigenvalue weighted by Gasteiger charge is -2.28. The Morgan fingerprint density at radius 3 is 2.57 bits per heavy atom. The van der Waals surface area contributed by atoms with Crippen molar-refractivity contribution >= 4 is 23.5 Å². The first-order chi connectivity index (χ1) is 14.1. The molecule has 2 unspecified atom stereocenters. The number of ether oxygens (including phenoxy) is 1. The summed E-state index contributed by atoms with van der Waals surface area (Å²) in [6, 6.07) is 4.28. The number of nitrogens with one attached hydrogen (secondary N) is 5. The highest BCUT2D eigenvalue weighted by atomic mass is 19.4. The van der Waals surface area contributed by atoms with E-state index in [0.29, 0.717) is 25.2 Å². The second-order valence-corrected chi connectivity index (χ2v) is 6.68. The highest BCUT2D eigenvalue weighted by molar-refractivity contribution is 5.90. The normalized spacial score (nSPS) is 18.8. The predicted octanol–water partition coefficient (Wildman–Crippen LogP) is 1.89. The molecule has 0 spiro atoms. The van der Waals surface area contributed by atoms with Gasteiger partial charge in [-0.05, 0) is 37.6 Å². The fraction of sp³-hybridized carbons (Fsp3) is 0.500. The lowest BCUT2D eigenvalue weighted by Crippen LogP contribution is -2.54. The molecule has 1 aliphatic heterocycles. The minimum absolute atomic E-state index is 0.0597. The number of aliphatic imine (C=N–C) groups is 1. The summed E-state index contributed by atoms with van der Waals surface area (Å²) in [6.45, 7) is 4.58. The number of hydrogen-bond donors (Lipinski definition) is 5. The summed E-state index contributed by atoms with van der Waals surface area (Å²) in [5.41, 5.74) is 0.297. The summed E-state index contributed by atoms with van der Waals surface area (Å²) in [7, 11) is 0. The van der Waals surface area contributed by atoms with Gasteiger partial charge in [-0.15, -0.1) is 13.2 Å². The molecule has 2 rings (SSSR count). The van der Waals surface area contributed by atoms with E-state index in [2.05, 4.69) is 36.3 Å². The van der Waals surface area contributed by atoms with Crippen molar-refractivity contribution in [2.75, 3.05) is 18.4 Å². The van der Waals surface area contributed by atoms with Crippen LogP contribution in [0.25, 0.3) is 0 Å². The fourth-order valence-corrected chi connectivity index (χ4v) is 2.67. The molecule has 0 aromatic heterocycles. The number of nitrogens with zero attached hydrogens (tertiary/aromatic N) is 1. The Morgan fingerprint density at radius 1 is 1.23 bits per heavy atom. The van der Waals surface area contributed by atoms with E-state index in [9.17, 15) is 22.8 Å². The van der Waals surface area contributed by atoms with E-state index in [1.54, 1.807) is 0 Å². The van der Waals surface area contributed by atoms with Crippen LogP contribution in [0.2, 0.25) is 0 Å². The molecule has 0 aliphatic carbocycles.